The van der Waals surface area contributed by atoms with Gasteiger partial charge in [0.05, 0.1) is 7.11 Å². The second kappa shape index (κ2) is 4.74. The van der Waals surface area contributed by atoms with E-state index in [-0.39, 0.29) is 0 Å². The van der Waals surface area contributed by atoms with Crippen molar-refractivity contribution < 1.29 is 4.74 Å². The molecule has 0 aromatic heterocycles. The Labute approximate surface area is 128 Å². The van der Waals surface area contributed by atoms with Crippen molar-refractivity contribution in [3.63, 3.8) is 0 Å². The van der Waals surface area contributed by atoms with Gasteiger partial charge in [0.1, 0.15) is 5.75 Å². The Hall–Kier alpha value is -1.02. The first-order valence-corrected chi connectivity index (χ1v) is 8.52. The standard InChI is InChI=1S/C19H27NO/c1-13-4-7-16-18-10-14-5-6-15(21-3)11-17(14)19(16,12-13)8-9-20(18)2/h5-6,11,13,16,18H,4,7-10,12H2,1-3H3. The molecule has 114 valence electrons. The third-order valence-electron chi connectivity index (χ3n) is 6.62. The van der Waals surface area contributed by atoms with Crippen molar-refractivity contribution in [2.45, 2.75) is 50.5 Å². The van der Waals surface area contributed by atoms with Gasteiger partial charge in [0.25, 0.3) is 0 Å². The molecule has 2 aliphatic carbocycles. The molecule has 2 nitrogen and oxygen atoms in total. The smallest absolute Gasteiger partial charge is 0.119 e. The predicted molar refractivity (Wildman–Crippen MR) is 85.9 cm³/mol. The van der Waals surface area contributed by atoms with Gasteiger partial charge in [-0.1, -0.05) is 19.4 Å². The number of ether oxygens (including phenoxy) is 1. The lowest BCUT2D eigenvalue weighted by molar-refractivity contribution is -0.0110. The third-order valence-corrected chi connectivity index (χ3v) is 6.62. The maximum atomic E-state index is 5.53. The molecule has 1 aliphatic heterocycles. The highest BCUT2D eigenvalue weighted by Gasteiger charge is 2.54. The van der Waals surface area contributed by atoms with Crippen LogP contribution in [0.25, 0.3) is 0 Å². The molecule has 4 unspecified atom stereocenters. The molecule has 0 radical (unpaired) electrons. The number of rotatable bonds is 1. The van der Waals surface area contributed by atoms with Crippen molar-refractivity contribution in [3.05, 3.63) is 29.3 Å². The molecule has 1 saturated carbocycles. The number of likely N-dealkylation sites (tertiary alicyclic amines) is 1. The molecule has 1 heterocycles. The van der Waals surface area contributed by atoms with Crippen molar-refractivity contribution in [1.82, 2.24) is 4.90 Å². The second-order valence-corrected chi connectivity index (χ2v) is 7.67. The summed E-state index contributed by atoms with van der Waals surface area (Å²) in [6.45, 7) is 3.71. The molecule has 0 spiro atoms. The van der Waals surface area contributed by atoms with Crippen LogP contribution in [-0.4, -0.2) is 31.6 Å². The van der Waals surface area contributed by atoms with Gasteiger partial charge in [-0.15, -0.1) is 0 Å². The monoisotopic (exact) mass is 285 g/mol. The zero-order chi connectivity index (χ0) is 14.6. The first kappa shape index (κ1) is 13.6. The Morgan fingerprint density at radius 2 is 2.14 bits per heavy atom. The summed E-state index contributed by atoms with van der Waals surface area (Å²) >= 11 is 0. The summed E-state index contributed by atoms with van der Waals surface area (Å²) in [4.78, 5) is 2.63. The fraction of sp³-hybridized carbons (Fsp3) is 0.684. The van der Waals surface area contributed by atoms with Crippen LogP contribution < -0.4 is 4.74 Å². The van der Waals surface area contributed by atoms with Crippen LogP contribution in [-0.2, 0) is 11.8 Å². The van der Waals surface area contributed by atoms with Gasteiger partial charge in [-0.2, -0.15) is 0 Å². The van der Waals surface area contributed by atoms with E-state index in [9.17, 15) is 0 Å². The highest BCUT2D eigenvalue weighted by Crippen LogP contribution is 2.57. The molecule has 21 heavy (non-hydrogen) atoms. The third kappa shape index (κ3) is 1.88. The minimum Gasteiger partial charge on any atom is -0.497 e. The fourth-order valence-corrected chi connectivity index (χ4v) is 5.60. The average Bonchev–Trinajstić information content (AvgIpc) is 2.50. The molecule has 0 N–H and O–H groups in total. The quantitative estimate of drug-likeness (QED) is 0.781. The first-order chi connectivity index (χ1) is 10.1. The van der Waals surface area contributed by atoms with Crippen LogP contribution in [0, 0.1) is 11.8 Å². The summed E-state index contributed by atoms with van der Waals surface area (Å²) in [5, 5.41) is 0. The van der Waals surface area contributed by atoms with E-state index in [1.165, 1.54) is 38.6 Å². The van der Waals surface area contributed by atoms with Crippen LogP contribution in [0.5, 0.6) is 5.75 Å². The fourth-order valence-electron chi connectivity index (χ4n) is 5.60. The Kier molecular flexibility index (Phi) is 3.08. The van der Waals surface area contributed by atoms with Gasteiger partial charge in [-0.3, -0.25) is 0 Å². The van der Waals surface area contributed by atoms with Gasteiger partial charge in [-0.25, -0.2) is 0 Å². The maximum absolute atomic E-state index is 5.53. The molecule has 2 bridgehead atoms. The van der Waals surface area contributed by atoms with Crippen LogP contribution in [0.1, 0.15) is 43.7 Å². The number of likely N-dealkylation sites (N-methyl/N-ethyl adjacent to an activating group) is 1. The molecule has 1 aromatic rings. The normalized spacial score (nSPS) is 38.5. The van der Waals surface area contributed by atoms with Crippen molar-refractivity contribution in [1.29, 1.82) is 0 Å². The van der Waals surface area contributed by atoms with Gasteiger partial charge in [0.15, 0.2) is 0 Å². The first-order valence-electron chi connectivity index (χ1n) is 8.52. The van der Waals surface area contributed by atoms with E-state index in [1.807, 2.05) is 0 Å². The summed E-state index contributed by atoms with van der Waals surface area (Å²) in [6.07, 6.45) is 6.76. The van der Waals surface area contributed by atoms with E-state index in [0.717, 1.165) is 23.6 Å². The lowest BCUT2D eigenvalue weighted by atomic mass is 9.51. The summed E-state index contributed by atoms with van der Waals surface area (Å²) < 4.78 is 5.53. The Morgan fingerprint density at radius 3 is 2.95 bits per heavy atom. The molecular formula is C19H27NO. The van der Waals surface area contributed by atoms with Crippen molar-refractivity contribution in [3.8, 4) is 5.75 Å². The minimum absolute atomic E-state index is 0.428. The molecule has 3 aliphatic rings. The van der Waals surface area contributed by atoms with Crippen LogP contribution >= 0.6 is 0 Å². The van der Waals surface area contributed by atoms with Gasteiger partial charge >= 0.3 is 0 Å². The maximum Gasteiger partial charge on any atom is 0.119 e. The minimum atomic E-state index is 0.428. The highest BCUT2D eigenvalue weighted by atomic mass is 16.5. The molecule has 1 aromatic carbocycles. The molecule has 0 amide bonds. The van der Waals surface area contributed by atoms with E-state index >= 15 is 0 Å². The van der Waals surface area contributed by atoms with E-state index in [1.54, 1.807) is 18.2 Å². The number of piperidine rings is 1. The van der Waals surface area contributed by atoms with E-state index < -0.39 is 0 Å². The number of hydrogen-bond acceptors (Lipinski definition) is 2. The number of methoxy groups -OCH3 is 1. The topological polar surface area (TPSA) is 12.5 Å². The summed E-state index contributed by atoms with van der Waals surface area (Å²) in [5.41, 5.74) is 3.64. The van der Waals surface area contributed by atoms with Crippen LogP contribution in [0.2, 0.25) is 0 Å². The summed E-state index contributed by atoms with van der Waals surface area (Å²) in [5.74, 6) is 2.76. The van der Waals surface area contributed by atoms with E-state index in [2.05, 4.69) is 37.1 Å². The Balaban J connectivity index is 1.88. The Bertz CT molecular complexity index is 554. The SMILES string of the molecule is COc1ccc2c(c1)C13CCN(C)C(C2)C1CCC(C)C3. The van der Waals surface area contributed by atoms with Gasteiger partial charge in [0, 0.05) is 11.5 Å². The molecule has 2 heteroatoms. The largest absolute Gasteiger partial charge is 0.497 e. The zero-order valence-electron chi connectivity index (χ0n) is 13.6. The molecular weight excluding hydrogens is 258 g/mol. The predicted octanol–water partition coefficient (Wildman–Crippen LogP) is 3.63. The van der Waals surface area contributed by atoms with Gasteiger partial charge in [0.2, 0.25) is 0 Å². The highest BCUT2D eigenvalue weighted by molar-refractivity contribution is 5.45. The summed E-state index contributed by atoms with van der Waals surface area (Å²) in [7, 11) is 4.13. The van der Waals surface area contributed by atoms with Crippen molar-refractivity contribution >= 4 is 0 Å². The number of nitrogens with zero attached hydrogens (tertiary/aromatic N) is 1. The van der Waals surface area contributed by atoms with E-state index in [0.29, 0.717) is 5.41 Å². The van der Waals surface area contributed by atoms with Crippen molar-refractivity contribution in [2.75, 3.05) is 20.7 Å². The zero-order valence-corrected chi connectivity index (χ0v) is 13.6. The average molecular weight is 285 g/mol. The molecule has 4 atom stereocenters. The van der Waals surface area contributed by atoms with Crippen LogP contribution in [0.15, 0.2) is 18.2 Å². The molecule has 1 saturated heterocycles. The van der Waals surface area contributed by atoms with Crippen LogP contribution in [0.4, 0.5) is 0 Å². The number of benzene rings is 1. The van der Waals surface area contributed by atoms with Gasteiger partial charge in [-0.05, 0) is 74.4 Å². The van der Waals surface area contributed by atoms with Gasteiger partial charge < -0.3 is 9.64 Å². The van der Waals surface area contributed by atoms with Crippen molar-refractivity contribution in [2.24, 2.45) is 11.8 Å². The number of fused-ring (bicyclic) bond motifs is 1. The lowest BCUT2D eigenvalue weighted by Crippen LogP contribution is -2.60. The molecule has 4 rings (SSSR count). The molecule has 2 fully saturated rings. The summed E-state index contributed by atoms with van der Waals surface area (Å²) in [6, 6.07) is 7.60. The van der Waals surface area contributed by atoms with E-state index in [4.69, 9.17) is 4.74 Å². The van der Waals surface area contributed by atoms with Crippen LogP contribution in [0.3, 0.4) is 0 Å². The lowest BCUT2D eigenvalue weighted by Gasteiger charge is -2.59. The Morgan fingerprint density at radius 1 is 1.29 bits per heavy atom. The second-order valence-electron chi connectivity index (χ2n) is 7.67. The number of hydrogen-bond donors (Lipinski definition) is 0.